The summed E-state index contributed by atoms with van der Waals surface area (Å²) in [6, 6.07) is 8.65. The first-order valence-electron chi connectivity index (χ1n) is 8.19. The molecule has 23 heavy (non-hydrogen) atoms. The number of carbonyl (C=O) groups is 2. The number of hydrogen-bond acceptors (Lipinski definition) is 3. The van der Waals surface area contributed by atoms with Crippen molar-refractivity contribution in [1.82, 2.24) is 10.2 Å². The van der Waals surface area contributed by atoms with Gasteiger partial charge in [0.2, 0.25) is 11.8 Å². The van der Waals surface area contributed by atoms with Crippen LogP contribution in [-0.4, -0.2) is 50.6 Å². The molecule has 2 amide bonds. The lowest BCUT2D eigenvalue weighted by atomic mass is 9.92. The van der Waals surface area contributed by atoms with E-state index in [-0.39, 0.29) is 25.0 Å². The van der Waals surface area contributed by atoms with Gasteiger partial charge in [-0.3, -0.25) is 9.59 Å². The molecule has 0 spiro atoms. The fraction of sp³-hybridized carbons (Fsp3) is 0.556. The Hall–Kier alpha value is -1.88. The van der Waals surface area contributed by atoms with Crippen LogP contribution in [0.25, 0.3) is 0 Å². The molecule has 0 saturated heterocycles. The Balaban J connectivity index is 1.47. The summed E-state index contributed by atoms with van der Waals surface area (Å²) >= 11 is 0. The van der Waals surface area contributed by atoms with Gasteiger partial charge in [0.15, 0.2) is 0 Å². The summed E-state index contributed by atoms with van der Waals surface area (Å²) in [5.41, 5.74) is 2.93. The minimum Gasteiger partial charge on any atom is -0.375 e. The third-order valence-corrected chi connectivity index (χ3v) is 5.10. The maximum Gasteiger partial charge on any atom is 0.248 e. The van der Waals surface area contributed by atoms with Gasteiger partial charge in [0.1, 0.15) is 6.61 Å². The number of aryl methyl sites for hydroxylation is 1. The average molecular weight is 316 g/mol. The van der Waals surface area contributed by atoms with Gasteiger partial charge in [0.25, 0.3) is 0 Å². The van der Waals surface area contributed by atoms with E-state index in [1.165, 1.54) is 29.6 Å². The molecule has 3 rings (SSSR count). The van der Waals surface area contributed by atoms with Crippen molar-refractivity contribution in [2.75, 3.05) is 33.9 Å². The number of methoxy groups -OCH3 is 1. The Labute approximate surface area is 137 Å². The van der Waals surface area contributed by atoms with Gasteiger partial charge in [-0.1, -0.05) is 24.3 Å². The molecule has 0 radical (unpaired) electrons. The predicted molar refractivity (Wildman–Crippen MR) is 87.0 cm³/mol. The molecule has 1 aromatic rings. The highest BCUT2D eigenvalue weighted by Gasteiger charge is 2.52. The molecule has 0 unspecified atom stereocenters. The van der Waals surface area contributed by atoms with Crippen LogP contribution in [-0.2, 0) is 20.7 Å². The predicted octanol–water partition coefficient (Wildman–Crippen LogP) is 1.18. The zero-order valence-electron chi connectivity index (χ0n) is 13.7. The lowest BCUT2D eigenvalue weighted by Crippen LogP contribution is -2.40. The summed E-state index contributed by atoms with van der Waals surface area (Å²) in [5.74, 6) is 1.57. The van der Waals surface area contributed by atoms with Crippen molar-refractivity contribution < 1.29 is 14.3 Å². The Morgan fingerprint density at radius 1 is 1.35 bits per heavy atom. The van der Waals surface area contributed by atoms with Gasteiger partial charge in [-0.15, -0.1) is 0 Å². The second kappa shape index (κ2) is 6.71. The van der Waals surface area contributed by atoms with Crippen LogP contribution < -0.4 is 5.32 Å². The van der Waals surface area contributed by atoms with Gasteiger partial charge in [0, 0.05) is 20.7 Å². The van der Waals surface area contributed by atoms with Crippen LogP contribution in [0.5, 0.6) is 0 Å². The number of carbonyl (C=O) groups excluding carboxylic acids is 2. The molecule has 2 aliphatic carbocycles. The number of benzene rings is 1. The smallest absolute Gasteiger partial charge is 0.248 e. The fourth-order valence-electron chi connectivity index (χ4n) is 3.81. The standard InChI is InChI=1S/C18H24N2O3/c1-20(17(22)11-23-2)10-16(21)19-9-15-14-8-7-12-5-3-4-6-13(12)18(14)15/h3-6,14-15,18H,7-11H2,1-2H3,(H,19,21)/t14-,15+,18-/m0/s1. The summed E-state index contributed by atoms with van der Waals surface area (Å²) < 4.78 is 4.79. The molecule has 5 heteroatoms. The summed E-state index contributed by atoms with van der Waals surface area (Å²) in [7, 11) is 3.09. The lowest BCUT2D eigenvalue weighted by molar-refractivity contribution is -0.137. The van der Waals surface area contributed by atoms with Crippen molar-refractivity contribution in [2.45, 2.75) is 18.8 Å². The number of ether oxygens (including phenoxy) is 1. The molecular formula is C18H24N2O3. The Bertz CT molecular complexity index is 602. The van der Waals surface area contributed by atoms with E-state index in [1.54, 1.807) is 7.05 Å². The van der Waals surface area contributed by atoms with Crippen LogP contribution in [0.15, 0.2) is 24.3 Å². The van der Waals surface area contributed by atoms with Gasteiger partial charge in [0.05, 0.1) is 6.54 Å². The largest absolute Gasteiger partial charge is 0.375 e. The number of rotatable bonds is 6. The second-order valence-corrected chi connectivity index (χ2v) is 6.58. The molecule has 124 valence electrons. The Kier molecular flexibility index (Phi) is 4.66. The molecule has 0 heterocycles. The molecule has 5 nitrogen and oxygen atoms in total. The van der Waals surface area contributed by atoms with Crippen LogP contribution in [0.2, 0.25) is 0 Å². The highest BCUT2D eigenvalue weighted by atomic mass is 16.5. The maximum absolute atomic E-state index is 12.0. The zero-order valence-corrected chi connectivity index (χ0v) is 13.7. The molecule has 0 bridgehead atoms. The van der Waals surface area contributed by atoms with Crippen molar-refractivity contribution in [2.24, 2.45) is 11.8 Å². The minimum absolute atomic E-state index is 0.00728. The molecule has 1 N–H and O–H groups in total. The first-order valence-corrected chi connectivity index (χ1v) is 8.19. The van der Waals surface area contributed by atoms with Crippen LogP contribution >= 0.6 is 0 Å². The van der Waals surface area contributed by atoms with Gasteiger partial charge in [-0.2, -0.15) is 0 Å². The van der Waals surface area contributed by atoms with Crippen molar-refractivity contribution in [3.05, 3.63) is 35.4 Å². The average Bonchev–Trinajstić information content (AvgIpc) is 3.27. The second-order valence-electron chi connectivity index (χ2n) is 6.58. The van der Waals surface area contributed by atoms with E-state index in [9.17, 15) is 9.59 Å². The fourth-order valence-corrected chi connectivity index (χ4v) is 3.81. The zero-order chi connectivity index (χ0) is 16.4. The summed E-state index contributed by atoms with van der Waals surface area (Å²) in [5, 5.41) is 2.99. The van der Waals surface area contributed by atoms with Gasteiger partial charge in [-0.25, -0.2) is 0 Å². The number of nitrogens with zero attached hydrogens (tertiary/aromatic N) is 1. The highest BCUT2D eigenvalue weighted by molar-refractivity contribution is 5.85. The summed E-state index contributed by atoms with van der Waals surface area (Å²) in [6.45, 7) is 0.795. The van der Waals surface area contributed by atoms with Gasteiger partial charge >= 0.3 is 0 Å². The first-order chi connectivity index (χ1) is 11.1. The molecule has 3 atom stereocenters. The molecular weight excluding hydrogens is 292 g/mol. The quantitative estimate of drug-likeness (QED) is 0.857. The van der Waals surface area contributed by atoms with Crippen molar-refractivity contribution in [3.63, 3.8) is 0 Å². The normalized spacial score (nSPS) is 24.3. The van der Waals surface area contributed by atoms with Crippen molar-refractivity contribution in [1.29, 1.82) is 0 Å². The van der Waals surface area contributed by atoms with Crippen LogP contribution in [0.3, 0.4) is 0 Å². The highest BCUT2D eigenvalue weighted by Crippen LogP contribution is 2.59. The van der Waals surface area contributed by atoms with E-state index >= 15 is 0 Å². The monoisotopic (exact) mass is 316 g/mol. The number of amides is 2. The molecule has 1 aromatic carbocycles. The van der Waals surface area contributed by atoms with E-state index < -0.39 is 0 Å². The molecule has 0 aromatic heterocycles. The maximum atomic E-state index is 12.0. The lowest BCUT2D eigenvalue weighted by Gasteiger charge is -2.16. The van der Waals surface area contributed by atoms with E-state index in [1.807, 2.05) is 0 Å². The Morgan fingerprint density at radius 3 is 2.91 bits per heavy atom. The Morgan fingerprint density at radius 2 is 2.13 bits per heavy atom. The van der Waals surface area contributed by atoms with E-state index in [0.717, 1.165) is 6.42 Å². The molecule has 1 saturated carbocycles. The van der Waals surface area contributed by atoms with Crippen LogP contribution in [0.4, 0.5) is 0 Å². The van der Waals surface area contributed by atoms with E-state index in [0.29, 0.717) is 24.3 Å². The summed E-state index contributed by atoms with van der Waals surface area (Å²) in [6.07, 6.45) is 2.37. The third-order valence-electron chi connectivity index (χ3n) is 5.10. The third kappa shape index (κ3) is 3.39. The molecule has 0 aliphatic heterocycles. The van der Waals surface area contributed by atoms with Gasteiger partial charge < -0.3 is 15.0 Å². The molecule has 2 aliphatic rings. The van der Waals surface area contributed by atoms with Crippen LogP contribution in [0.1, 0.15) is 23.5 Å². The summed E-state index contributed by atoms with van der Waals surface area (Å²) in [4.78, 5) is 25.0. The van der Waals surface area contributed by atoms with E-state index in [4.69, 9.17) is 4.74 Å². The number of nitrogens with one attached hydrogen (secondary N) is 1. The van der Waals surface area contributed by atoms with Crippen LogP contribution in [0, 0.1) is 11.8 Å². The van der Waals surface area contributed by atoms with E-state index in [2.05, 4.69) is 29.6 Å². The number of likely N-dealkylation sites (N-methyl/N-ethyl adjacent to an activating group) is 1. The number of hydrogen-bond donors (Lipinski definition) is 1. The van der Waals surface area contributed by atoms with Gasteiger partial charge in [-0.05, 0) is 41.7 Å². The first kappa shape index (κ1) is 16.0. The topological polar surface area (TPSA) is 58.6 Å². The van der Waals surface area contributed by atoms with Crippen molar-refractivity contribution >= 4 is 11.8 Å². The van der Waals surface area contributed by atoms with Crippen molar-refractivity contribution in [3.8, 4) is 0 Å². The number of fused-ring (bicyclic) bond motifs is 3. The SMILES string of the molecule is COCC(=O)N(C)CC(=O)NC[C@@H]1[C@@H]2CCc3ccccc3[C@H]12. The minimum atomic E-state index is -0.184. The molecule has 1 fully saturated rings.